The number of ether oxygens (including phenoxy) is 1. The summed E-state index contributed by atoms with van der Waals surface area (Å²) in [5.74, 6) is 0.480. The number of likely N-dealkylation sites (N-methyl/N-ethyl adjacent to an activating group) is 1. The Morgan fingerprint density at radius 3 is 2.65 bits per heavy atom. The van der Waals surface area contributed by atoms with Crippen LogP contribution >= 0.6 is 15.9 Å². The predicted molar refractivity (Wildman–Crippen MR) is 84.1 cm³/mol. The zero-order valence-electron chi connectivity index (χ0n) is 12.1. The number of hydrogen-bond donors (Lipinski definition) is 1. The largest absolute Gasteiger partial charge is 0.507 e. The van der Waals surface area contributed by atoms with E-state index in [1.165, 1.54) is 6.07 Å². The van der Waals surface area contributed by atoms with E-state index >= 15 is 0 Å². The zero-order chi connectivity index (χ0) is 15.0. The van der Waals surface area contributed by atoms with Gasteiger partial charge in [0.15, 0.2) is 5.78 Å². The van der Waals surface area contributed by atoms with Gasteiger partial charge in [0, 0.05) is 11.4 Å². The Bertz CT molecular complexity index is 435. The van der Waals surface area contributed by atoms with Crippen LogP contribution in [0.5, 0.6) is 11.5 Å². The number of aromatic hydroxyl groups is 1. The first-order valence-electron chi connectivity index (χ1n) is 6.74. The van der Waals surface area contributed by atoms with Gasteiger partial charge in [-0.05, 0) is 45.5 Å². The minimum atomic E-state index is -0.101. The molecule has 4 nitrogen and oxygen atoms in total. The number of phenolic OH excluding ortho intramolecular Hbond substituents is 1. The molecule has 20 heavy (non-hydrogen) atoms. The molecular weight excluding hydrogens is 322 g/mol. The lowest BCUT2D eigenvalue weighted by molar-refractivity contribution is 0.0955. The first-order chi connectivity index (χ1) is 9.54. The van der Waals surface area contributed by atoms with Crippen molar-refractivity contribution in [2.45, 2.75) is 19.3 Å². The topological polar surface area (TPSA) is 49.8 Å². The summed E-state index contributed by atoms with van der Waals surface area (Å²) in [4.78, 5) is 13.6. The van der Waals surface area contributed by atoms with Crippen molar-refractivity contribution in [1.82, 2.24) is 4.90 Å². The molecule has 0 unspecified atom stereocenters. The van der Waals surface area contributed by atoms with Gasteiger partial charge in [-0.15, -0.1) is 0 Å². The molecule has 1 rings (SSSR count). The Morgan fingerprint density at radius 2 is 2.05 bits per heavy atom. The maximum Gasteiger partial charge on any atom is 0.180 e. The van der Waals surface area contributed by atoms with Gasteiger partial charge in [0.25, 0.3) is 0 Å². The molecule has 0 aliphatic heterocycles. The number of Topliss-reactive ketones (excluding diaryl/α,β-unsaturated/α-hetero) is 1. The molecule has 1 aromatic rings. The summed E-state index contributed by atoms with van der Waals surface area (Å²) in [7, 11) is 3.64. The minimum Gasteiger partial charge on any atom is -0.507 e. The van der Waals surface area contributed by atoms with Crippen molar-refractivity contribution in [2.24, 2.45) is 0 Å². The summed E-state index contributed by atoms with van der Waals surface area (Å²) < 4.78 is 5.55. The number of halogens is 1. The maximum atomic E-state index is 11.9. The number of phenols is 1. The van der Waals surface area contributed by atoms with E-state index in [0.717, 1.165) is 24.6 Å². The first kappa shape index (κ1) is 17.0. The van der Waals surface area contributed by atoms with E-state index < -0.39 is 0 Å². The SMILES string of the molecule is CN(C)CC(=O)c1ccc(OCCCCCBr)cc1O. The van der Waals surface area contributed by atoms with Crippen LogP contribution in [0.15, 0.2) is 18.2 Å². The lowest BCUT2D eigenvalue weighted by Crippen LogP contribution is -2.21. The Morgan fingerprint density at radius 1 is 1.30 bits per heavy atom. The molecule has 112 valence electrons. The van der Waals surface area contributed by atoms with Gasteiger partial charge in [-0.3, -0.25) is 4.79 Å². The average molecular weight is 344 g/mol. The van der Waals surface area contributed by atoms with Crippen molar-refractivity contribution in [1.29, 1.82) is 0 Å². The second kappa shape index (κ2) is 8.97. The molecule has 0 aliphatic carbocycles. The van der Waals surface area contributed by atoms with E-state index in [-0.39, 0.29) is 18.1 Å². The van der Waals surface area contributed by atoms with Gasteiger partial charge in [-0.25, -0.2) is 0 Å². The number of hydrogen-bond acceptors (Lipinski definition) is 4. The molecule has 0 amide bonds. The number of carbonyl (C=O) groups excluding carboxylic acids is 1. The van der Waals surface area contributed by atoms with Crippen LogP contribution < -0.4 is 4.74 Å². The quantitative estimate of drug-likeness (QED) is 0.425. The molecule has 0 radical (unpaired) electrons. The second-order valence-corrected chi connectivity index (χ2v) is 5.73. The molecule has 0 aromatic heterocycles. The molecule has 5 heteroatoms. The summed E-state index contributed by atoms with van der Waals surface area (Å²) in [6.07, 6.45) is 3.22. The fourth-order valence-electron chi connectivity index (χ4n) is 1.77. The number of nitrogens with zero attached hydrogens (tertiary/aromatic N) is 1. The molecule has 1 N–H and O–H groups in total. The molecule has 0 spiro atoms. The molecule has 1 aromatic carbocycles. The number of unbranched alkanes of at least 4 members (excludes halogenated alkanes) is 2. The van der Waals surface area contributed by atoms with Crippen molar-refractivity contribution in [3.8, 4) is 11.5 Å². The third kappa shape index (κ3) is 5.92. The van der Waals surface area contributed by atoms with E-state index in [4.69, 9.17) is 4.74 Å². The number of alkyl halides is 1. The van der Waals surface area contributed by atoms with Crippen LogP contribution in [0.4, 0.5) is 0 Å². The fraction of sp³-hybridized carbons (Fsp3) is 0.533. The van der Waals surface area contributed by atoms with Crippen LogP contribution in [0, 0.1) is 0 Å². The predicted octanol–water partition coefficient (Wildman–Crippen LogP) is 3.08. The van der Waals surface area contributed by atoms with Crippen molar-refractivity contribution < 1.29 is 14.6 Å². The minimum absolute atomic E-state index is 0.0187. The number of rotatable bonds is 9. The summed E-state index contributed by atoms with van der Waals surface area (Å²) in [5.41, 5.74) is 0.338. The van der Waals surface area contributed by atoms with Gasteiger partial charge < -0.3 is 14.7 Å². The van der Waals surface area contributed by atoms with Gasteiger partial charge in [0.2, 0.25) is 0 Å². The van der Waals surface area contributed by atoms with Crippen LogP contribution in [0.25, 0.3) is 0 Å². The Kier molecular flexibility index (Phi) is 7.62. The van der Waals surface area contributed by atoms with Gasteiger partial charge >= 0.3 is 0 Å². The van der Waals surface area contributed by atoms with Gasteiger partial charge in [-0.1, -0.05) is 15.9 Å². The smallest absolute Gasteiger partial charge is 0.180 e. The van der Waals surface area contributed by atoms with E-state index in [1.54, 1.807) is 17.0 Å². The molecule has 0 fully saturated rings. The molecular formula is C15H22BrNO3. The number of carbonyl (C=O) groups is 1. The normalized spacial score (nSPS) is 10.8. The Hall–Kier alpha value is -1.07. The van der Waals surface area contributed by atoms with E-state index in [9.17, 15) is 9.90 Å². The lowest BCUT2D eigenvalue weighted by atomic mass is 10.1. The molecule has 0 heterocycles. The summed E-state index contributed by atoms with van der Waals surface area (Å²) >= 11 is 3.39. The lowest BCUT2D eigenvalue weighted by Gasteiger charge is -2.11. The Balaban J connectivity index is 2.52. The van der Waals surface area contributed by atoms with E-state index in [1.807, 2.05) is 14.1 Å². The monoisotopic (exact) mass is 343 g/mol. The average Bonchev–Trinajstić information content (AvgIpc) is 2.37. The van der Waals surface area contributed by atoms with Crippen LogP contribution in [-0.2, 0) is 0 Å². The Labute approximate surface area is 128 Å². The maximum absolute atomic E-state index is 11.9. The molecule has 0 bridgehead atoms. The highest BCUT2D eigenvalue weighted by molar-refractivity contribution is 9.09. The standard InChI is InChI=1S/C15H22BrNO3/c1-17(2)11-15(19)13-7-6-12(10-14(13)18)20-9-5-3-4-8-16/h6-7,10,18H,3-5,8-9,11H2,1-2H3. The molecule has 0 saturated heterocycles. The van der Waals surface area contributed by atoms with Crippen LogP contribution in [0.2, 0.25) is 0 Å². The van der Waals surface area contributed by atoms with Gasteiger partial charge in [-0.2, -0.15) is 0 Å². The third-order valence-electron chi connectivity index (χ3n) is 2.78. The number of ketones is 1. The first-order valence-corrected chi connectivity index (χ1v) is 7.86. The van der Waals surface area contributed by atoms with E-state index in [2.05, 4.69) is 15.9 Å². The van der Waals surface area contributed by atoms with Crippen molar-refractivity contribution in [3.05, 3.63) is 23.8 Å². The van der Waals surface area contributed by atoms with Crippen LogP contribution in [-0.4, -0.2) is 48.4 Å². The summed E-state index contributed by atoms with van der Waals surface area (Å²) in [6, 6.07) is 4.86. The highest BCUT2D eigenvalue weighted by Gasteiger charge is 2.12. The molecule has 0 atom stereocenters. The second-order valence-electron chi connectivity index (χ2n) is 4.94. The highest BCUT2D eigenvalue weighted by atomic mass is 79.9. The van der Waals surface area contributed by atoms with Crippen LogP contribution in [0.3, 0.4) is 0 Å². The highest BCUT2D eigenvalue weighted by Crippen LogP contribution is 2.24. The third-order valence-corrected chi connectivity index (χ3v) is 3.34. The van der Waals surface area contributed by atoms with Crippen molar-refractivity contribution in [2.75, 3.05) is 32.6 Å². The van der Waals surface area contributed by atoms with Crippen molar-refractivity contribution in [3.63, 3.8) is 0 Å². The van der Waals surface area contributed by atoms with E-state index in [0.29, 0.717) is 17.9 Å². The zero-order valence-corrected chi connectivity index (χ0v) is 13.6. The number of benzene rings is 1. The summed E-state index contributed by atoms with van der Waals surface area (Å²) in [5, 5.41) is 10.9. The molecule has 0 saturated carbocycles. The molecule has 0 aliphatic rings. The van der Waals surface area contributed by atoms with Gasteiger partial charge in [0.1, 0.15) is 11.5 Å². The summed E-state index contributed by atoms with van der Waals surface area (Å²) in [6.45, 7) is 0.901. The van der Waals surface area contributed by atoms with Crippen LogP contribution in [0.1, 0.15) is 29.6 Å². The van der Waals surface area contributed by atoms with Gasteiger partial charge in [0.05, 0.1) is 18.7 Å². The van der Waals surface area contributed by atoms with Crippen molar-refractivity contribution >= 4 is 21.7 Å². The fourth-order valence-corrected chi connectivity index (χ4v) is 2.17.